The van der Waals surface area contributed by atoms with Crippen LogP contribution in [0.15, 0.2) is 28.8 Å². The Labute approximate surface area is 153 Å². The summed E-state index contributed by atoms with van der Waals surface area (Å²) in [6.07, 6.45) is 3.57. The number of nitrogens with one attached hydrogen (secondary N) is 1. The van der Waals surface area contributed by atoms with E-state index in [4.69, 9.17) is 4.52 Å². The van der Waals surface area contributed by atoms with Crippen LogP contribution in [0.4, 0.5) is 10.5 Å². The van der Waals surface area contributed by atoms with Gasteiger partial charge in [0.05, 0.1) is 0 Å². The Kier molecular flexibility index (Phi) is 4.77. The number of aromatic nitrogens is 2. The van der Waals surface area contributed by atoms with E-state index in [0.717, 1.165) is 56.2 Å². The molecule has 2 fully saturated rings. The van der Waals surface area contributed by atoms with Crippen molar-refractivity contribution in [1.29, 1.82) is 0 Å². The third kappa shape index (κ3) is 3.38. The molecule has 7 nitrogen and oxygen atoms in total. The first-order chi connectivity index (χ1) is 12.7. The maximum Gasteiger partial charge on any atom is 0.317 e. The highest BCUT2D eigenvalue weighted by molar-refractivity contribution is 5.74. The molecule has 1 saturated carbocycles. The van der Waals surface area contributed by atoms with Crippen molar-refractivity contribution in [3.05, 3.63) is 30.2 Å². The van der Waals surface area contributed by atoms with Gasteiger partial charge in [-0.1, -0.05) is 11.6 Å². The van der Waals surface area contributed by atoms with Gasteiger partial charge in [0.1, 0.15) is 0 Å². The predicted molar refractivity (Wildman–Crippen MR) is 99.2 cm³/mol. The zero-order valence-corrected chi connectivity index (χ0v) is 15.1. The summed E-state index contributed by atoms with van der Waals surface area (Å²) in [6, 6.07) is 8.30. The Morgan fingerprint density at radius 2 is 1.92 bits per heavy atom. The standard InChI is InChI=1S/C19H25N5O2/c1-2-20-19(25)24-12-10-23(11-13-24)16-8-6-14(7-9-16)17-21-18(26-22-17)15-4-3-5-15/h6-9,15H,2-5,10-13H2,1H3,(H,20,25). The lowest BCUT2D eigenvalue weighted by Crippen LogP contribution is -2.51. The van der Waals surface area contributed by atoms with Crippen LogP contribution in [-0.4, -0.2) is 53.8 Å². The first kappa shape index (κ1) is 16.9. The van der Waals surface area contributed by atoms with Crippen molar-refractivity contribution in [2.75, 3.05) is 37.6 Å². The maximum atomic E-state index is 11.9. The van der Waals surface area contributed by atoms with Crippen molar-refractivity contribution >= 4 is 11.7 Å². The summed E-state index contributed by atoms with van der Waals surface area (Å²) in [5.41, 5.74) is 2.14. The van der Waals surface area contributed by atoms with Crippen molar-refractivity contribution in [3.8, 4) is 11.4 Å². The predicted octanol–water partition coefficient (Wildman–Crippen LogP) is 2.86. The zero-order valence-electron chi connectivity index (χ0n) is 15.1. The van der Waals surface area contributed by atoms with Gasteiger partial charge in [-0.3, -0.25) is 0 Å². The average molecular weight is 355 g/mol. The number of benzene rings is 1. The van der Waals surface area contributed by atoms with E-state index in [9.17, 15) is 4.79 Å². The average Bonchev–Trinajstić information content (AvgIpc) is 3.10. The second kappa shape index (κ2) is 7.35. The van der Waals surface area contributed by atoms with Crippen LogP contribution >= 0.6 is 0 Å². The molecule has 0 unspecified atom stereocenters. The van der Waals surface area contributed by atoms with Crippen LogP contribution in [-0.2, 0) is 0 Å². The number of carbonyl (C=O) groups is 1. The van der Waals surface area contributed by atoms with Gasteiger partial charge < -0.3 is 19.6 Å². The minimum Gasteiger partial charge on any atom is -0.368 e. The van der Waals surface area contributed by atoms with E-state index >= 15 is 0 Å². The van der Waals surface area contributed by atoms with Crippen LogP contribution < -0.4 is 10.2 Å². The molecular formula is C19H25N5O2. The number of anilines is 1. The fourth-order valence-electron chi connectivity index (χ4n) is 3.43. The fraction of sp³-hybridized carbons (Fsp3) is 0.526. The summed E-state index contributed by atoms with van der Waals surface area (Å²) >= 11 is 0. The number of hydrogen-bond acceptors (Lipinski definition) is 5. The molecule has 138 valence electrons. The molecule has 0 bridgehead atoms. The van der Waals surface area contributed by atoms with E-state index in [1.165, 1.54) is 6.42 Å². The van der Waals surface area contributed by atoms with Crippen LogP contribution in [0.25, 0.3) is 11.4 Å². The summed E-state index contributed by atoms with van der Waals surface area (Å²) in [5.74, 6) is 1.90. The molecule has 2 amide bonds. The number of rotatable bonds is 4. The minimum absolute atomic E-state index is 0.0295. The largest absolute Gasteiger partial charge is 0.368 e. The number of carbonyl (C=O) groups excluding carboxylic acids is 1. The maximum absolute atomic E-state index is 11.9. The van der Waals surface area contributed by atoms with Crippen molar-refractivity contribution in [2.24, 2.45) is 0 Å². The first-order valence-electron chi connectivity index (χ1n) is 9.46. The molecule has 2 aromatic rings. The molecule has 1 N–H and O–H groups in total. The molecule has 1 aliphatic carbocycles. The fourth-order valence-corrected chi connectivity index (χ4v) is 3.43. The third-order valence-electron chi connectivity index (χ3n) is 5.28. The van der Waals surface area contributed by atoms with Crippen LogP contribution in [0, 0.1) is 0 Å². The highest BCUT2D eigenvalue weighted by atomic mass is 16.5. The van der Waals surface area contributed by atoms with Crippen LogP contribution in [0.3, 0.4) is 0 Å². The lowest BCUT2D eigenvalue weighted by molar-refractivity contribution is 0.195. The van der Waals surface area contributed by atoms with Crippen LogP contribution in [0.2, 0.25) is 0 Å². The SMILES string of the molecule is CCNC(=O)N1CCN(c2ccc(-c3noc(C4CCC4)n3)cc2)CC1. The Morgan fingerprint density at radius 3 is 2.54 bits per heavy atom. The highest BCUT2D eigenvalue weighted by Crippen LogP contribution is 2.36. The Hall–Kier alpha value is -2.57. The normalized spacial score (nSPS) is 17.9. The first-order valence-corrected chi connectivity index (χ1v) is 9.46. The van der Waals surface area contributed by atoms with Gasteiger partial charge in [0.2, 0.25) is 11.7 Å². The lowest BCUT2D eigenvalue weighted by Gasteiger charge is -2.36. The van der Waals surface area contributed by atoms with Gasteiger partial charge in [-0.25, -0.2) is 4.79 Å². The van der Waals surface area contributed by atoms with Gasteiger partial charge in [-0.05, 0) is 44.0 Å². The molecule has 0 spiro atoms. The number of nitrogens with zero attached hydrogens (tertiary/aromatic N) is 4. The van der Waals surface area contributed by atoms with E-state index in [-0.39, 0.29) is 6.03 Å². The van der Waals surface area contributed by atoms with Crippen molar-refractivity contribution in [3.63, 3.8) is 0 Å². The van der Waals surface area contributed by atoms with Gasteiger partial charge in [-0.2, -0.15) is 4.98 Å². The van der Waals surface area contributed by atoms with E-state index in [2.05, 4.69) is 32.5 Å². The van der Waals surface area contributed by atoms with Crippen LogP contribution in [0.5, 0.6) is 0 Å². The van der Waals surface area contributed by atoms with Crippen molar-refractivity contribution in [1.82, 2.24) is 20.4 Å². The lowest BCUT2D eigenvalue weighted by atomic mass is 9.85. The number of amides is 2. The monoisotopic (exact) mass is 355 g/mol. The van der Waals surface area contributed by atoms with Gasteiger partial charge in [0, 0.05) is 49.9 Å². The summed E-state index contributed by atoms with van der Waals surface area (Å²) < 4.78 is 5.41. The number of piperazine rings is 1. The Bertz CT molecular complexity index is 746. The third-order valence-corrected chi connectivity index (χ3v) is 5.28. The number of urea groups is 1. The molecule has 2 heterocycles. The molecule has 4 rings (SSSR count). The molecule has 26 heavy (non-hydrogen) atoms. The highest BCUT2D eigenvalue weighted by Gasteiger charge is 2.26. The van der Waals surface area contributed by atoms with Gasteiger partial charge in [-0.15, -0.1) is 0 Å². The summed E-state index contributed by atoms with van der Waals surface area (Å²) in [7, 11) is 0. The van der Waals surface area contributed by atoms with E-state index < -0.39 is 0 Å². The van der Waals surface area contributed by atoms with Crippen molar-refractivity contribution in [2.45, 2.75) is 32.1 Å². The molecule has 1 saturated heterocycles. The topological polar surface area (TPSA) is 74.5 Å². The van der Waals surface area contributed by atoms with Crippen molar-refractivity contribution < 1.29 is 9.32 Å². The van der Waals surface area contributed by atoms with E-state index in [1.54, 1.807) is 0 Å². The molecular weight excluding hydrogens is 330 g/mol. The molecule has 0 atom stereocenters. The summed E-state index contributed by atoms with van der Waals surface area (Å²) in [6.45, 7) is 5.76. The number of hydrogen-bond donors (Lipinski definition) is 1. The molecule has 0 radical (unpaired) electrons. The van der Waals surface area contributed by atoms with E-state index in [0.29, 0.717) is 18.3 Å². The van der Waals surface area contributed by atoms with Gasteiger partial charge in [0.25, 0.3) is 0 Å². The van der Waals surface area contributed by atoms with Gasteiger partial charge in [0.15, 0.2) is 0 Å². The smallest absolute Gasteiger partial charge is 0.317 e. The second-order valence-electron chi connectivity index (χ2n) is 6.94. The molecule has 1 aromatic heterocycles. The second-order valence-corrected chi connectivity index (χ2v) is 6.94. The van der Waals surface area contributed by atoms with Gasteiger partial charge >= 0.3 is 6.03 Å². The zero-order chi connectivity index (χ0) is 17.9. The molecule has 1 aliphatic heterocycles. The van der Waals surface area contributed by atoms with Crippen LogP contribution in [0.1, 0.15) is 38.0 Å². The summed E-state index contributed by atoms with van der Waals surface area (Å²) in [4.78, 5) is 20.6. The molecule has 2 aliphatic rings. The Balaban J connectivity index is 1.37. The quantitative estimate of drug-likeness (QED) is 0.913. The minimum atomic E-state index is 0.0295. The Morgan fingerprint density at radius 1 is 1.19 bits per heavy atom. The molecule has 7 heteroatoms. The molecule has 1 aromatic carbocycles. The van der Waals surface area contributed by atoms with E-state index in [1.807, 2.05) is 24.0 Å². The summed E-state index contributed by atoms with van der Waals surface area (Å²) in [5, 5.41) is 6.99.